The number of alkyl halides is 1. The van der Waals surface area contributed by atoms with E-state index in [9.17, 15) is 28.4 Å². The number of carbonyl (C=O) groups excluding carboxylic acids is 4. The fourth-order valence-corrected chi connectivity index (χ4v) is 4.81. The highest BCUT2D eigenvalue weighted by Gasteiger charge is 2.41. The summed E-state index contributed by atoms with van der Waals surface area (Å²) in [7, 11) is 0. The highest BCUT2D eigenvalue weighted by atomic mass is 19.1. The van der Waals surface area contributed by atoms with Crippen LogP contribution in [0.2, 0.25) is 0 Å². The largest absolute Gasteiger partial charge is 0.348 e. The van der Waals surface area contributed by atoms with Crippen molar-refractivity contribution >= 4 is 40.7 Å². The van der Waals surface area contributed by atoms with E-state index in [0.29, 0.717) is 0 Å². The highest BCUT2D eigenvalue weighted by molar-refractivity contribution is 6.05. The van der Waals surface area contributed by atoms with Crippen molar-refractivity contribution in [3.05, 3.63) is 63.6 Å². The van der Waals surface area contributed by atoms with Gasteiger partial charge in [0.05, 0.1) is 25.8 Å². The van der Waals surface area contributed by atoms with Gasteiger partial charge in [-0.3, -0.25) is 33.5 Å². The summed E-state index contributed by atoms with van der Waals surface area (Å²) in [6.07, 6.45) is 1.25. The summed E-state index contributed by atoms with van der Waals surface area (Å²) >= 11 is 0. The zero-order valence-corrected chi connectivity index (χ0v) is 22.6. The number of rotatable bonds is 7. The average molecular weight is 565 g/mol. The molecule has 0 unspecified atom stereocenters. The van der Waals surface area contributed by atoms with Gasteiger partial charge in [-0.1, -0.05) is 29.8 Å². The topological polar surface area (TPSA) is 164 Å². The Morgan fingerprint density at radius 1 is 1.10 bits per heavy atom. The molecule has 2 aromatic heterocycles. The van der Waals surface area contributed by atoms with Crippen LogP contribution in [-0.2, 0) is 22.7 Å². The minimum absolute atomic E-state index is 0.00672. The van der Waals surface area contributed by atoms with Crippen molar-refractivity contribution in [1.82, 2.24) is 29.7 Å². The summed E-state index contributed by atoms with van der Waals surface area (Å²) in [5.74, 6) is -1.66. The van der Waals surface area contributed by atoms with Gasteiger partial charge in [0.2, 0.25) is 11.8 Å². The Kier molecular flexibility index (Phi) is 7.26. The van der Waals surface area contributed by atoms with Crippen molar-refractivity contribution in [2.45, 2.75) is 32.6 Å². The van der Waals surface area contributed by atoms with Gasteiger partial charge in [0.1, 0.15) is 23.3 Å². The number of anilines is 1. The quantitative estimate of drug-likeness (QED) is 0.415. The van der Waals surface area contributed by atoms with Crippen molar-refractivity contribution in [2.24, 2.45) is 5.73 Å². The van der Waals surface area contributed by atoms with E-state index in [1.165, 1.54) is 29.0 Å². The lowest BCUT2D eigenvalue weighted by Crippen LogP contribution is -2.60. The molecule has 14 heteroatoms. The number of likely N-dealkylation sites (tertiary alicyclic amines) is 1. The zero-order chi connectivity index (χ0) is 29.5. The molecule has 2 aliphatic heterocycles. The third-order valence-corrected chi connectivity index (χ3v) is 7.05. The molecule has 0 aliphatic carbocycles. The molecule has 13 nitrogen and oxygen atoms in total. The summed E-state index contributed by atoms with van der Waals surface area (Å²) in [6.45, 7) is 2.68. The van der Waals surface area contributed by atoms with Gasteiger partial charge in [0, 0.05) is 19.6 Å². The lowest BCUT2D eigenvalue weighted by atomic mass is 9.99. The number of nitrogens with one attached hydrogen (secondary N) is 1. The third kappa shape index (κ3) is 5.50. The van der Waals surface area contributed by atoms with Crippen molar-refractivity contribution in [1.29, 1.82) is 0 Å². The van der Waals surface area contributed by atoms with Gasteiger partial charge in [-0.05, 0) is 25.5 Å². The van der Waals surface area contributed by atoms with Crippen LogP contribution in [0.3, 0.4) is 0 Å². The predicted molar refractivity (Wildman–Crippen MR) is 146 cm³/mol. The summed E-state index contributed by atoms with van der Waals surface area (Å²) in [5, 5.41) is 2.71. The van der Waals surface area contributed by atoms with E-state index in [1.807, 2.05) is 31.2 Å². The molecule has 5 amide bonds. The molecule has 0 saturated carbocycles. The SMILES string of the molecule is Cc1ccc(CNC(=O)c2cc3nc(N4CCN(C(=O)CN)C4=O)cnc3n(CC(=O)N3CC(C)(F)C3)c2=O)cc1. The summed E-state index contributed by atoms with van der Waals surface area (Å²) in [5.41, 5.74) is 4.79. The van der Waals surface area contributed by atoms with Crippen LogP contribution in [0.1, 0.15) is 28.4 Å². The van der Waals surface area contributed by atoms with Gasteiger partial charge < -0.3 is 16.0 Å². The summed E-state index contributed by atoms with van der Waals surface area (Å²) < 4.78 is 15.1. The van der Waals surface area contributed by atoms with Gasteiger partial charge in [-0.15, -0.1) is 0 Å². The molecule has 2 saturated heterocycles. The van der Waals surface area contributed by atoms with Crippen LogP contribution < -0.4 is 21.5 Å². The van der Waals surface area contributed by atoms with Crippen LogP contribution in [0.4, 0.5) is 15.0 Å². The van der Waals surface area contributed by atoms with E-state index in [1.54, 1.807) is 0 Å². The van der Waals surface area contributed by atoms with E-state index in [2.05, 4.69) is 15.3 Å². The number of imide groups is 1. The molecule has 0 spiro atoms. The predicted octanol–water partition coefficient (Wildman–Crippen LogP) is 0.328. The van der Waals surface area contributed by atoms with Gasteiger partial charge in [0.15, 0.2) is 11.5 Å². The van der Waals surface area contributed by atoms with Crippen LogP contribution in [0.15, 0.2) is 41.3 Å². The van der Waals surface area contributed by atoms with Crippen molar-refractivity contribution in [3.63, 3.8) is 0 Å². The van der Waals surface area contributed by atoms with E-state index < -0.39 is 41.5 Å². The second-order valence-electron chi connectivity index (χ2n) is 10.4. The average Bonchev–Trinajstić information content (AvgIpc) is 3.32. The molecule has 0 atom stereocenters. The number of benzene rings is 1. The van der Waals surface area contributed by atoms with Gasteiger partial charge >= 0.3 is 6.03 Å². The number of pyridine rings is 1. The van der Waals surface area contributed by atoms with E-state index in [-0.39, 0.29) is 61.8 Å². The maximum absolute atomic E-state index is 14.0. The molecule has 3 aromatic rings. The molecular formula is C27H29FN8O5. The van der Waals surface area contributed by atoms with Crippen LogP contribution in [0.25, 0.3) is 11.2 Å². The molecule has 41 heavy (non-hydrogen) atoms. The lowest BCUT2D eigenvalue weighted by Gasteiger charge is -2.42. The molecule has 4 heterocycles. The summed E-state index contributed by atoms with van der Waals surface area (Å²) in [6, 6.07) is 8.12. The number of hydrogen-bond donors (Lipinski definition) is 2. The zero-order valence-electron chi connectivity index (χ0n) is 22.6. The van der Waals surface area contributed by atoms with Crippen LogP contribution in [0, 0.1) is 6.92 Å². The van der Waals surface area contributed by atoms with Crippen molar-refractivity contribution in [3.8, 4) is 0 Å². The Bertz CT molecular complexity index is 1610. The molecule has 214 valence electrons. The number of hydrogen-bond acceptors (Lipinski definition) is 8. The van der Waals surface area contributed by atoms with E-state index in [0.717, 1.165) is 20.6 Å². The molecule has 0 bridgehead atoms. The fourth-order valence-electron chi connectivity index (χ4n) is 4.81. The maximum Gasteiger partial charge on any atom is 0.332 e. The molecule has 0 radical (unpaired) electrons. The first-order chi connectivity index (χ1) is 19.5. The van der Waals surface area contributed by atoms with Crippen molar-refractivity contribution < 1.29 is 23.6 Å². The second kappa shape index (κ2) is 10.7. The van der Waals surface area contributed by atoms with E-state index in [4.69, 9.17) is 5.73 Å². The van der Waals surface area contributed by atoms with Gasteiger partial charge in [-0.2, -0.15) is 0 Å². The number of urea groups is 1. The normalized spacial score (nSPS) is 16.2. The fraction of sp³-hybridized carbons (Fsp3) is 0.370. The number of carbonyl (C=O) groups is 4. The maximum atomic E-state index is 14.0. The van der Waals surface area contributed by atoms with E-state index >= 15 is 0 Å². The molecule has 2 fully saturated rings. The van der Waals surface area contributed by atoms with Gasteiger partial charge in [0.25, 0.3) is 11.5 Å². The Hall–Kier alpha value is -4.72. The minimum Gasteiger partial charge on any atom is -0.348 e. The number of nitrogens with two attached hydrogens (primary N) is 1. The van der Waals surface area contributed by atoms with Crippen LogP contribution in [0.5, 0.6) is 0 Å². The monoisotopic (exact) mass is 564 g/mol. The lowest BCUT2D eigenvalue weighted by molar-refractivity contribution is -0.144. The second-order valence-corrected chi connectivity index (χ2v) is 10.4. The number of fused-ring (bicyclic) bond motifs is 1. The molecule has 2 aliphatic rings. The summed E-state index contributed by atoms with van der Waals surface area (Å²) in [4.78, 5) is 76.6. The molecular weight excluding hydrogens is 535 g/mol. The highest BCUT2D eigenvalue weighted by Crippen LogP contribution is 2.25. The van der Waals surface area contributed by atoms with Gasteiger partial charge in [-0.25, -0.2) is 19.2 Å². The number of aryl methyl sites for hydroxylation is 1. The Morgan fingerprint density at radius 3 is 2.46 bits per heavy atom. The Balaban J connectivity index is 1.50. The third-order valence-electron chi connectivity index (χ3n) is 7.05. The first-order valence-corrected chi connectivity index (χ1v) is 13.0. The van der Waals surface area contributed by atoms with Crippen molar-refractivity contribution in [2.75, 3.05) is 37.6 Å². The Morgan fingerprint density at radius 2 is 1.80 bits per heavy atom. The number of nitrogens with zero attached hydrogens (tertiary/aromatic N) is 6. The standard InChI is InChI=1S/C27H29FN8O5/c1-16-3-5-17(6-4-16)11-31-24(39)18-9-19-23(36(25(18)40)13-22(38)33-14-27(2,28)15-33)30-12-20(32-19)34-7-8-35(26(34)41)21(37)10-29/h3-6,9,12H,7-8,10-11,13-15,29H2,1-2H3,(H,31,39). The number of aromatic nitrogens is 3. The number of halogens is 1. The molecule has 5 rings (SSSR count). The Labute approximate surface area is 233 Å². The van der Waals surface area contributed by atoms with Crippen LogP contribution >= 0.6 is 0 Å². The molecule has 3 N–H and O–H groups in total. The molecule has 1 aromatic carbocycles. The smallest absolute Gasteiger partial charge is 0.332 e. The minimum atomic E-state index is -1.50. The first kappa shape index (κ1) is 27.8. The van der Waals surface area contributed by atoms with Crippen LogP contribution in [-0.4, -0.2) is 86.5 Å². The first-order valence-electron chi connectivity index (χ1n) is 13.0. The number of amides is 5.